The number of carboxylic acids is 1. The van der Waals surface area contributed by atoms with E-state index in [9.17, 15) is 9.59 Å². The summed E-state index contributed by atoms with van der Waals surface area (Å²) >= 11 is 1.54. The number of carboxylic acid groups (broad SMARTS) is 1. The van der Waals surface area contributed by atoms with Crippen LogP contribution < -0.4 is 0 Å². The van der Waals surface area contributed by atoms with Crippen LogP contribution in [0.1, 0.15) is 23.5 Å². The van der Waals surface area contributed by atoms with E-state index in [1.54, 1.807) is 7.05 Å². The standard InChI is InChI=1S/C12H17N3O3S/c1-8-13-9(7-19-8)6-14(2)12(18)15-5-3-4-10(15)11(16)17/h7,10H,3-6H2,1-2H3,(H,16,17). The first-order valence-electron chi connectivity index (χ1n) is 6.14. The molecule has 1 unspecified atom stereocenters. The molecule has 1 aliphatic rings. The van der Waals surface area contributed by atoms with E-state index >= 15 is 0 Å². The average Bonchev–Trinajstić information content (AvgIpc) is 2.97. The molecule has 7 heteroatoms. The van der Waals surface area contributed by atoms with Crippen molar-refractivity contribution in [3.8, 4) is 0 Å². The van der Waals surface area contributed by atoms with Gasteiger partial charge in [-0.3, -0.25) is 0 Å². The van der Waals surface area contributed by atoms with Crippen LogP contribution in [0.2, 0.25) is 0 Å². The Bertz CT molecular complexity index is 488. The van der Waals surface area contributed by atoms with Gasteiger partial charge in [0.15, 0.2) is 0 Å². The van der Waals surface area contributed by atoms with E-state index in [-0.39, 0.29) is 6.03 Å². The number of amides is 2. The second kappa shape index (κ2) is 5.56. The van der Waals surface area contributed by atoms with E-state index in [0.717, 1.165) is 17.1 Å². The molecule has 0 spiro atoms. The molecule has 1 aliphatic heterocycles. The molecular formula is C12H17N3O3S. The Morgan fingerprint density at radius 1 is 1.63 bits per heavy atom. The molecule has 0 radical (unpaired) electrons. The van der Waals surface area contributed by atoms with Crippen molar-refractivity contribution in [3.05, 3.63) is 16.1 Å². The molecule has 1 aromatic heterocycles. The normalized spacial score (nSPS) is 18.6. The second-order valence-electron chi connectivity index (χ2n) is 4.69. The van der Waals surface area contributed by atoms with E-state index < -0.39 is 12.0 Å². The number of aromatic nitrogens is 1. The van der Waals surface area contributed by atoms with Gasteiger partial charge in [-0.15, -0.1) is 11.3 Å². The molecule has 1 fully saturated rings. The quantitative estimate of drug-likeness (QED) is 0.913. The second-order valence-corrected chi connectivity index (χ2v) is 5.75. The van der Waals surface area contributed by atoms with Gasteiger partial charge in [-0.1, -0.05) is 0 Å². The van der Waals surface area contributed by atoms with Crippen LogP contribution in [-0.2, 0) is 11.3 Å². The van der Waals surface area contributed by atoms with Gasteiger partial charge in [0.05, 0.1) is 17.2 Å². The Hall–Kier alpha value is -1.63. The number of aryl methyl sites for hydroxylation is 1. The van der Waals surface area contributed by atoms with E-state index in [2.05, 4.69) is 4.98 Å². The number of hydrogen-bond acceptors (Lipinski definition) is 4. The van der Waals surface area contributed by atoms with Crippen LogP contribution in [0, 0.1) is 6.92 Å². The van der Waals surface area contributed by atoms with Gasteiger partial charge in [-0.2, -0.15) is 0 Å². The van der Waals surface area contributed by atoms with Gasteiger partial charge in [0.1, 0.15) is 6.04 Å². The monoisotopic (exact) mass is 283 g/mol. The minimum absolute atomic E-state index is 0.240. The predicted octanol–water partition coefficient (Wildman–Crippen LogP) is 1.55. The van der Waals surface area contributed by atoms with Gasteiger partial charge in [-0.05, 0) is 19.8 Å². The van der Waals surface area contributed by atoms with Crippen molar-refractivity contribution in [2.45, 2.75) is 32.4 Å². The van der Waals surface area contributed by atoms with Crippen LogP contribution in [0.4, 0.5) is 4.79 Å². The molecule has 0 aromatic carbocycles. The number of hydrogen-bond donors (Lipinski definition) is 1. The number of urea groups is 1. The lowest BCUT2D eigenvalue weighted by atomic mass is 10.2. The van der Waals surface area contributed by atoms with Crippen LogP contribution in [-0.4, -0.2) is 51.5 Å². The Kier molecular flexibility index (Phi) is 4.04. The summed E-state index contributed by atoms with van der Waals surface area (Å²) in [6, 6.07) is -0.928. The average molecular weight is 283 g/mol. The number of carbonyl (C=O) groups excluding carboxylic acids is 1. The van der Waals surface area contributed by atoms with Gasteiger partial charge in [-0.25, -0.2) is 14.6 Å². The molecule has 2 rings (SSSR count). The van der Waals surface area contributed by atoms with Crippen LogP contribution in [0.3, 0.4) is 0 Å². The summed E-state index contributed by atoms with van der Waals surface area (Å²) in [5.74, 6) is -0.927. The third-order valence-electron chi connectivity index (χ3n) is 3.18. The topological polar surface area (TPSA) is 73.7 Å². The third-order valence-corrected chi connectivity index (χ3v) is 4.00. The molecule has 19 heavy (non-hydrogen) atoms. The molecule has 1 atom stereocenters. The van der Waals surface area contributed by atoms with Gasteiger partial charge in [0, 0.05) is 19.0 Å². The molecule has 104 valence electrons. The first-order valence-corrected chi connectivity index (χ1v) is 7.02. The zero-order chi connectivity index (χ0) is 14.0. The SMILES string of the molecule is Cc1nc(CN(C)C(=O)N2CCCC2C(=O)O)cs1. The molecule has 0 saturated carbocycles. The molecule has 2 heterocycles. The number of rotatable bonds is 3. The molecule has 0 aliphatic carbocycles. The van der Waals surface area contributed by atoms with Crippen molar-refractivity contribution < 1.29 is 14.7 Å². The summed E-state index contributed by atoms with van der Waals surface area (Å²) in [4.78, 5) is 30.6. The number of likely N-dealkylation sites (tertiary alicyclic amines) is 1. The Morgan fingerprint density at radius 2 is 2.37 bits per heavy atom. The number of thiazole rings is 1. The van der Waals surface area contributed by atoms with E-state index in [1.165, 1.54) is 21.1 Å². The predicted molar refractivity (Wildman–Crippen MR) is 71.1 cm³/mol. The summed E-state index contributed by atoms with van der Waals surface area (Å²) in [6.45, 7) is 2.83. The van der Waals surface area contributed by atoms with Crippen molar-refractivity contribution in [1.29, 1.82) is 0 Å². The van der Waals surface area contributed by atoms with E-state index in [0.29, 0.717) is 19.5 Å². The Balaban J connectivity index is 2.00. The molecule has 0 bridgehead atoms. The van der Waals surface area contributed by atoms with Gasteiger partial charge >= 0.3 is 12.0 Å². The minimum atomic E-state index is -0.927. The largest absolute Gasteiger partial charge is 0.480 e. The summed E-state index contributed by atoms with van der Waals surface area (Å²) in [5, 5.41) is 12.0. The molecule has 2 amide bonds. The number of carbonyl (C=O) groups is 2. The highest BCUT2D eigenvalue weighted by atomic mass is 32.1. The smallest absolute Gasteiger partial charge is 0.326 e. The highest BCUT2D eigenvalue weighted by molar-refractivity contribution is 7.09. The van der Waals surface area contributed by atoms with Crippen molar-refractivity contribution in [1.82, 2.24) is 14.8 Å². The maximum absolute atomic E-state index is 12.2. The van der Waals surface area contributed by atoms with Gasteiger partial charge < -0.3 is 14.9 Å². The number of nitrogens with zero attached hydrogens (tertiary/aromatic N) is 3. The molecule has 6 nitrogen and oxygen atoms in total. The van der Waals surface area contributed by atoms with Crippen molar-refractivity contribution in [2.75, 3.05) is 13.6 Å². The number of aliphatic carboxylic acids is 1. The molecule has 1 saturated heterocycles. The lowest BCUT2D eigenvalue weighted by Crippen LogP contribution is -2.46. The van der Waals surface area contributed by atoms with Crippen molar-refractivity contribution in [3.63, 3.8) is 0 Å². The fourth-order valence-electron chi connectivity index (χ4n) is 2.26. The highest BCUT2D eigenvalue weighted by Gasteiger charge is 2.35. The fraction of sp³-hybridized carbons (Fsp3) is 0.583. The maximum Gasteiger partial charge on any atom is 0.326 e. The Morgan fingerprint density at radius 3 is 2.95 bits per heavy atom. The van der Waals surface area contributed by atoms with Crippen LogP contribution in [0.15, 0.2) is 5.38 Å². The van der Waals surface area contributed by atoms with Gasteiger partial charge in [0.2, 0.25) is 0 Å². The lowest BCUT2D eigenvalue weighted by Gasteiger charge is -2.27. The lowest BCUT2D eigenvalue weighted by molar-refractivity contribution is -0.141. The first kappa shape index (κ1) is 13.8. The summed E-state index contributed by atoms with van der Waals surface area (Å²) in [7, 11) is 1.67. The van der Waals surface area contributed by atoms with E-state index in [4.69, 9.17) is 5.11 Å². The van der Waals surface area contributed by atoms with Crippen molar-refractivity contribution >= 4 is 23.3 Å². The van der Waals surface area contributed by atoms with Crippen LogP contribution in [0.5, 0.6) is 0 Å². The van der Waals surface area contributed by atoms with Crippen molar-refractivity contribution in [2.24, 2.45) is 0 Å². The molecule has 1 N–H and O–H groups in total. The zero-order valence-electron chi connectivity index (χ0n) is 11.0. The van der Waals surface area contributed by atoms with Gasteiger partial charge in [0.25, 0.3) is 0 Å². The molecular weight excluding hydrogens is 266 g/mol. The summed E-state index contributed by atoms with van der Waals surface area (Å²) < 4.78 is 0. The zero-order valence-corrected chi connectivity index (χ0v) is 11.8. The van der Waals surface area contributed by atoms with Crippen LogP contribution >= 0.6 is 11.3 Å². The minimum Gasteiger partial charge on any atom is -0.480 e. The van der Waals surface area contributed by atoms with Crippen LogP contribution in [0.25, 0.3) is 0 Å². The van der Waals surface area contributed by atoms with E-state index in [1.807, 2.05) is 12.3 Å². The highest BCUT2D eigenvalue weighted by Crippen LogP contribution is 2.20. The summed E-state index contributed by atoms with van der Waals surface area (Å²) in [6.07, 6.45) is 1.27. The Labute approximate surface area is 115 Å². The first-order chi connectivity index (χ1) is 8.99. The maximum atomic E-state index is 12.2. The molecule has 1 aromatic rings. The third kappa shape index (κ3) is 3.04. The fourth-order valence-corrected chi connectivity index (χ4v) is 2.87. The summed E-state index contributed by atoms with van der Waals surface area (Å²) in [5.41, 5.74) is 0.837.